The van der Waals surface area contributed by atoms with Gasteiger partial charge in [0, 0.05) is 18.3 Å². The van der Waals surface area contributed by atoms with E-state index in [9.17, 15) is 14.4 Å². The molecule has 0 saturated carbocycles. The molecule has 0 aliphatic rings. The standard InChI is InChI=1S/C11H16N2O4/c1-4-7-5-13(10(17)12-8(7)14)6-11(2,3)9(15)16/h5H,4,6H2,1-3H3,(H,15,16)(H,12,14,17). The molecule has 1 heterocycles. The summed E-state index contributed by atoms with van der Waals surface area (Å²) >= 11 is 0. The molecule has 0 aliphatic heterocycles. The number of hydrogen-bond donors (Lipinski definition) is 2. The molecule has 0 spiro atoms. The normalized spacial score (nSPS) is 11.5. The van der Waals surface area contributed by atoms with E-state index in [0.717, 1.165) is 0 Å². The molecule has 1 aromatic heterocycles. The van der Waals surface area contributed by atoms with Crippen molar-refractivity contribution in [3.63, 3.8) is 0 Å². The number of nitrogens with one attached hydrogen (secondary N) is 1. The Morgan fingerprint density at radius 3 is 2.53 bits per heavy atom. The minimum absolute atomic E-state index is 0.0188. The fourth-order valence-corrected chi connectivity index (χ4v) is 1.42. The van der Waals surface area contributed by atoms with Gasteiger partial charge in [-0.1, -0.05) is 6.92 Å². The van der Waals surface area contributed by atoms with Crippen molar-refractivity contribution in [3.05, 3.63) is 32.6 Å². The molecule has 1 aromatic rings. The second-order valence-electron chi connectivity index (χ2n) is 4.58. The molecular weight excluding hydrogens is 224 g/mol. The summed E-state index contributed by atoms with van der Waals surface area (Å²) in [6.45, 7) is 4.86. The Balaban J connectivity index is 3.20. The molecule has 0 aliphatic carbocycles. The second kappa shape index (κ2) is 4.57. The topological polar surface area (TPSA) is 92.2 Å². The summed E-state index contributed by atoms with van der Waals surface area (Å²) in [6, 6.07) is 0. The highest BCUT2D eigenvalue weighted by Crippen LogP contribution is 2.16. The zero-order valence-corrected chi connectivity index (χ0v) is 10.1. The zero-order chi connectivity index (χ0) is 13.2. The highest BCUT2D eigenvalue weighted by atomic mass is 16.4. The van der Waals surface area contributed by atoms with Crippen molar-refractivity contribution in [2.24, 2.45) is 5.41 Å². The van der Waals surface area contributed by atoms with Gasteiger partial charge in [-0.05, 0) is 20.3 Å². The Hall–Kier alpha value is -1.85. The maximum atomic E-state index is 11.5. The predicted molar refractivity (Wildman–Crippen MR) is 62.1 cm³/mol. The van der Waals surface area contributed by atoms with E-state index < -0.39 is 22.6 Å². The van der Waals surface area contributed by atoms with Gasteiger partial charge in [0.1, 0.15) is 0 Å². The molecule has 0 atom stereocenters. The quantitative estimate of drug-likeness (QED) is 0.786. The monoisotopic (exact) mass is 240 g/mol. The van der Waals surface area contributed by atoms with Crippen molar-refractivity contribution < 1.29 is 9.90 Å². The summed E-state index contributed by atoms with van der Waals surface area (Å²) in [6.07, 6.45) is 1.91. The van der Waals surface area contributed by atoms with Crippen LogP contribution >= 0.6 is 0 Å². The number of nitrogens with zero attached hydrogens (tertiary/aromatic N) is 1. The van der Waals surface area contributed by atoms with Crippen molar-refractivity contribution in [1.82, 2.24) is 9.55 Å². The summed E-state index contributed by atoms with van der Waals surface area (Å²) in [5.74, 6) is -0.992. The lowest BCUT2D eigenvalue weighted by Crippen LogP contribution is -2.38. The molecule has 94 valence electrons. The first-order valence-corrected chi connectivity index (χ1v) is 5.34. The summed E-state index contributed by atoms with van der Waals surface area (Å²) in [7, 11) is 0. The number of aromatic nitrogens is 2. The van der Waals surface area contributed by atoms with Crippen LogP contribution in [0.15, 0.2) is 15.8 Å². The molecule has 0 amide bonds. The van der Waals surface area contributed by atoms with E-state index >= 15 is 0 Å². The summed E-state index contributed by atoms with van der Waals surface area (Å²) < 4.78 is 1.23. The zero-order valence-electron chi connectivity index (χ0n) is 10.1. The van der Waals surface area contributed by atoms with Crippen LogP contribution in [-0.2, 0) is 17.8 Å². The number of carbonyl (C=O) groups is 1. The lowest BCUT2D eigenvalue weighted by atomic mass is 9.94. The number of H-pyrrole nitrogens is 1. The van der Waals surface area contributed by atoms with E-state index in [-0.39, 0.29) is 6.54 Å². The van der Waals surface area contributed by atoms with Crippen LogP contribution < -0.4 is 11.2 Å². The highest BCUT2D eigenvalue weighted by molar-refractivity contribution is 5.73. The molecule has 0 saturated heterocycles. The van der Waals surface area contributed by atoms with Crippen molar-refractivity contribution >= 4 is 5.97 Å². The largest absolute Gasteiger partial charge is 0.481 e. The molecule has 6 nitrogen and oxygen atoms in total. The van der Waals surface area contributed by atoms with Crippen LogP contribution in [0.4, 0.5) is 0 Å². The molecule has 0 aromatic carbocycles. The van der Waals surface area contributed by atoms with E-state index in [2.05, 4.69) is 4.98 Å². The Labute approximate surface area is 97.9 Å². The molecule has 6 heteroatoms. The van der Waals surface area contributed by atoms with Crippen molar-refractivity contribution in [1.29, 1.82) is 0 Å². The Morgan fingerprint density at radius 1 is 1.47 bits per heavy atom. The van der Waals surface area contributed by atoms with Gasteiger partial charge < -0.3 is 5.11 Å². The lowest BCUT2D eigenvalue weighted by Gasteiger charge is -2.20. The van der Waals surface area contributed by atoms with Crippen molar-refractivity contribution in [2.45, 2.75) is 33.7 Å². The van der Waals surface area contributed by atoms with Gasteiger partial charge in [0.15, 0.2) is 0 Å². The Bertz CT molecular complexity index is 539. The van der Waals surface area contributed by atoms with Crippen LogP contribution in [0.5, 0.6) is 0 Å². The maximum Gasteiger partial charge on any atom is 0.328 e. The van der Waals surface area contributed by atoms with Crippen LogP contribution in [0.1, 0.15) is 26.3 Å². The van der Waals surface area contributed by atoms with Gasteiger partial charge in [-0.2, -0.15) is 0 Å². The van der Waals surface area contributed by atoms with Gasteiger partial charge >= 0.3 is 11.7 Å². The third-order valence-electron chi connectivity index (χ3n) is 2.61. The first-order chi connectivity index (χ1) is 7.77. The first kappa shape index (κ1) is 13.2. The van der Waals surface area contributed by atoms with Gasteiger partial charge in [0.25, 0.3) is 5.56 Å². The fourth-order valence-electron chi connectivity index (χ4n) is 1.42. The van der Waals surface area contributed by atoms with Gasteiger partial charge in [-0.15, -0.1) is 0 Å². The van der Waals surface area contributed by atoms with Crippen LogP contribution in [-0.4, -0.2) is 20.6 Å². The first-order valence-electron chi connectivity index (χ1n) is 5.34. The van der Waals surface area contributed by atoms with E-state index in [1.54, 1.807) is 6.92 Å². The number of hydrogen-bond acceptors (Lipinski definition) is 3. The minimum atomic E-state index is -1.06. The molecule has 0 bridgehead atoms. The molecular formula is C11H16N2O4. The molecule has 0 unspecified atom stereocenters. The van der Waals surface area contributed by atoms with Gasteiger partial charge in [-0.3, -0.25) is 19.1 Å². The van der Waals surface area contributed by atoms with Crippen LogP contribution in [0, 0.1) is 5.41 Å². The Kier molecular flexibility index (Phi) is 3.55. The number of aryl methyl sites for hydroxylation is 1. The number of carboxylic acid groups (broad SMARTS) is 1. The number of aromatic amines is 1. The van der Waals surface area contributed by atoms with E-state index in [1.807, 2.05) is 0 Å². The number of rotatable bonds is 4. The molecule has 1 rings (SSSR count). The van der Waals surface area contributed by atoms with E-state index in [0.29, 0.717) is 12.0 Å². The van der Waals surface area contributed by atoms with Crippen molar-refractivity contribution in [2.75, 3.05) is 0 Å². The molecule has 17 heavy (non-hydrogen) atoms. The SMILES string of the molecule is CCc1cn(CC(C)(C)C(=O)O)c(=O)[nH]c1=O. The summed E-state index contributed by atoms with van der Waals surface area (Å²) in [5, 5.41) is 8.99. The predicted octanol–water partition coefficient (Wildman–Crippen LogP) is 0.210. The van der Waals surface area contributed by atoms with Gasteiger partial charge in [0.05, 0.1) is 5.41 Å². The molecule has 2 N–H and O–H groups in total. The van der Waals surface area contributed by atoms with Gasteiger partial charge in [0.2, 0.25) is 0 Å². The summed E-state index contributed by atoms with van der Waals surface area (Å²) in [5.41, 5.74) is -1.60. The van der Waals surface area contributed by atoms with Crippen LogP contribution in [0.3, 0.4) is 0 Å². The average molecular weight is 240 g/mol. The molecule has 0 radical (unpaired) electrons. The van der Waals surface area contributed by atoms with Crippen LogP contribution in [0.25, 0.3) is 0 Å². The number of carboxylic acids is 1. The maximum absolute atomic E-state index is 11.5. The smallest absolute Gasteiger partial charge is 0.328 e. The fraction of sp³-hybridized carbons (Fsp3) is 0.545. The second-order valence-corrected chi connectivity index (χ2v) is 4.58. The van der Waals surface area contributed by atoms with Crippen LogP contribution in [0.2, 0.25) is 0 Å². The summed E-state index contributed by atoms with van der Waals surface area (Å²) in [4.78, 5) is 36.0. The van der Waals surface area contributed by atoms with Crippen molar-refractivity contribution in [3.8, 4) is 0 Å². The lowest BCUT2D eigenvalue weighted by molar-refractivity contribution is -0.147. The third kappa shape index (κ3) is 2.83. The van der Waals surface area contributed by atoms with Gasteiger partial charge in [-0.25, -0.2) is 4.79 Å². The number of aliphatic carboxylic acids is 1. The molecule has 0 fully saturated rings. The average Bonchev–Trinajstić information content (AvgIpc) is 2.21. The highest BCUT2D eigenvalue weighted by Gasteiger charge is 2.28. The third-order valence-corrected chi connectivity index (χ3v) is 2.61. The minimum Gasteiger partial charge on any atom is -0.481 e. The van der Waals surface area contributed by atoms with E-state index in [1.165, 1.54) is 24.6 Å². The van der Waals surface area contributed by atoms with E-state index in [4.69, 9.17) is 5.11 Å². The Morgan fingerprint density at radius 2 is 2.06 bits per heavy atom.